The summed E-state index contributed by atoms with van der Waals surface area (Å²) in [6.07, 6.45) is 0. The average molecular weight is 431 g/mol. The molecule has 0 aliphatic heterocycles. The highest BCUT2D eigenvalue weighted by Crippen LogP contribution is 2.26. The van der Waals surface area contributed by atoms with Crippen LogP contribution in [0.2, 0.25) is 5.02 Å². The van der Waals surface area contributed by atoms with E-state index in [1.54, 1.807) is 30.3 Å². The Labute approximate surface area is 177 Å². The smallest absolute Gasteiger partial charge is 0.337 e. The minimum Gasteiger partial charge on any atom is -0.465 e. The Kier molecular flexibility index (Phi) is 6.90. The van der Waals surface area contributed by atoms with Gasteiger partial charge in [-0.15, -0.1) is 10.2 Å². The number of nitrogens with one attached hydrogen (secondary N) is 1. The van der Waals surface area contributed by atoms with Crippen LogP contribution in [0.3, 0.4) is 0 Å². The SMILES string of the molecule is CCn1c(SCC(=O)Nc2ccc(C(=O)OC)cc2)nnc1-c1cccc(Cl)c1. The molecule has 0 atom stereocenters. The largest absolute Gasteiger partial charge is 0.465 e. The molecule has 0 fully saturated rings. The third-order valence-electron chi connectivity index (χ3n) is 4.04. The van der Waals surface area contributed by atoms with Crippen LogP contribution in [-0.2, 0) is 16.1 Å². The highest BCUT2D eigenvalue weighted by atomic mass is 35.5. The van der Waals surface area contributed by atoms with Crippen LogP contribution >= 0.6 is 23.4 Å². The van der Waals surface area contributed by atoms with Gasteiger partial charge < -0.3 is 14.6 Å². The van der Waals surface area contributed by atoms with Crippen LogP contribution < -0.4 is 5.32 Å². The Hall–Kier alpha value is -2.84. The Bertz CT molecular complexity index is 1020. The molecule has 2 aromatic carbocycles. The van der Waals surface area contributed by atoms with Gasteiger partial charge in [-0.05, 0) is 43.3 Å². The minimum absolute atomic E-state index is 0.173. The normalized spacial score (nSPS) is 10.6. The van der Waals surface area contributed by atoms with E-state index in [9.17, 15) is 9.59 Å². The molecular formula is C20H19ClN4O3S. The van der Waals surface area contributed by atoms with Crippen molar-refractivity contribution in [2.45, 2.75) is 18.6 Å². The van der Waals surface area contributed by atoms with Gasteiger partial charge in [0.2, 0.25) is 5.91 Å². The van der Waals surface area contributed by atoms with E-state index in [0.29, 0.717) is 33.8 Å². The van der Waals surface area contributed by atoms with Crippen LogP contribution in [-0.4, -0.2) is 39.5 Å². The molecule has 150 valence electrons. The lowest BCUT2D eigenvalue weighted by atomic mass is 10.2. The summed E-state index contributed by atoms with van der Waals surface area (Å²) in [6.45, 7) is 2.65. The number of carbonyl (C=O) groups excluding carboxylic acids is 2. The van der Waals surface area contributed by atoms with Crippen LogP contribution in [0.1, 0.15) is 17.3 Å². The van der Waals surface area contributed by atoms with Gasteiger partial charge in [-0.2, -0.15) is 0 Å². The number of aromatic nitrogens is 3. The van der Waals surface area contributed by atoms with Crippen molar-refractivity contribution in [3.8, 4) is 11.4 Å². The van der Waals surface area contributed by atoms with E-state index < -0.39 is 5.97 Å². The summed E-state index contributed by atoms with van der Waals surface area (Å²) in [5.41, 5.74) is 1.89. The molecule has 0 saturated carbocycles. The maximum Gasteiger partial charge on any atom is 0.337 e. The van der Waals surface area contributed by atoms with E-state index in [2.05, 4.69) is 20.3 Å². The van der Waals surface area contributed by atoms with Gasteiger partial charge >= 0.3 is 5.97 Å². The van der Waals surface area contributed by atoms with Crippen molar-refractivity contribution >= 4 is 40.9 Å². The van der Waals surface area contributed by atoms with Crippen molar-refractivity contribution in [3.05, 3.63) is 59.1 Å². The van der Waals surface area contributed by atoms with Crippen LogP contribution in [0, 0.1) is 0 Å². The molecule has 0 bridgehead atoms. The van der Waals surface area contributed by atoms with Gasteiger partial charge in [-0.25, -0.2) is 4.79 Å². The number of thioether (sulfide) groups is 1. The molecule has 1 aromatic heterocycles. The summed E-state index contributed by atoms with van der Waals surface area (Å²) >= 11 is 7.37. The van der Waals surface area contributed by atoms with Crippen molar-refractivity contribution in [2.75, 3.05) is 18.2 Å². The second-order valence-corrected chi connectivity index (χ2v) is 7.35. The second kappa shape index (κ2) is 9.58. The summed E-state index contributed by atoms with van der Waals surface area (Å²) in [5.74, 6) is 0.270. The quantitative estimate of drug-likeness (QED) is 0.448. The number of benzene rings is 2. The number of amides is 1. The van der Waals surface area contributed by atoms with Gasteiger partial charge in [0.05, 0.1) is 18.4 Å². The molecule has 0 aliphatic carbocycles. The Balaban J connectivity index is 1.64. The minimum atomic E-state index is -0.423. The number of carbonyl (C=O) groups is 2. The van der Waals surface area contributed by atoms with Gasteiger partial charge in [-0.1, -0.05) is 35.5 Å². The Morgan fingerprint density at radius 2 is 1.93 bits per heavy atom. The first-order valence-electron chi connectivity index (χ1n) is 8.82. The van der Waals surface area contributed by atoms with Crippen molar-refractivity contribution in [2.24, 2.45) is 0 Å². The number of rotatable bonds is 7. The maximum absolute atomic E-state index is 12.3. The number of hydrogen-bond acceptors (Lipinski definition) is 6. The number of anilines is 1. The molecule has 0 radical (unpaired) electrons. The van der Waals surface area contributed by atoms with E-state index in [4.69, 9.17) is 11.6 Å². The van der Waals surface area contributed by atoms with E-state index in [-0.39, 0.29) is 11.7 Å². The molecule has 3 aromatic rings. The molecule has 3 rings (SSSR count). The van der Waals surface area contributed by atoms with E-state index in [0.717, 1.165) is 5.56 Å². The molecule has 29 heavy (non-hydrogen) atoms. The first-order valence-corrected chi connectivity index (χ1v) is 10.2. The zero-order valence-electron chi connectivity index (χ0n) is 15.9. The first kappa shape index (κ1) is 20.9. The maximum atomic E-state index is 12.3. The average Bonchev–Trinajstić information content (AvgIpc) is 3.15. The molecule has 9 heteroatoms. The third-order valence-corrected chi connectivity index (χ3v) is 5.24. The fraction of sp³-hybridized carbons (Fsp3) is 0.200. The summed E-state index contributed by atoms with van der Waals surface area (Å²) in [6, 6.07) is 13.9. The molecule has 0 unspecified atom stereocenters. The summed E-state index contributed by atoms with van der Waals surface area (Å²) in [5, 5.41) is 12.5. The van der Waals surface area contributed by atoms with E-state index in [1.165, 1.54) is 18.9 Å². The fourth-order valence-corrected chi connectivity index (χ4v) is 3.65. The topological polar surface area (TPSA) is 86.1 Å². The van der Waals surface area contributed by atoms with Gasteiger partial charge in [0.25, 0.3) is 0 Å². The van der Waals surface area contributed by atoms with Crippen molar-refractivity contribution in [1.29, 1.82) is 0 Å². The molecule has 1 N–H and O–H groups in total. The molecule has 0 saturated heterocycles. The number of esters is 1. The number of nitrogens with zero attached hydrogens (tertiary/aromatic N) is 3. The zero-order chi connectivity index (χ0) is 20.8. The Morgan fingerprint density at radius 1 is 1.17 bits per heavy atom. The van der Waals surface area contributed by atoms with Crippen LogP contribution in [0.25, 0.3) is 11.4 Å². The van der Waals surface area contributed by atoms with Gasteiger partial charge in [0, 0.05) is 22.8 Å². The van der Waals surface area contributed by atoms with E-state index in [1.807, 2.05) is 29.7 Å². The van der Waals surface area contributed by atoms with Gasteiger partial charge in [0.15, 0.2) is 11.0 Å². The third kappa shape index (κ3) is 5.16. The van der Waals surface area contributed by atoms with Crippen molar-refractivity contribution in [1.82, 2.24) is 14.8 Å². The van der Waals surface area contributed by atoms with Crippen molar-refractivity contribution < 1.29 is 14.3 Å². The summed E-state index contributed by atoms with van der Waals surface area (Å²) < 4.78 is 6.59. The predicted octanol–water partition coefficient (Wildman–Crippen LogP) is 4.14. The highest BCUT2D eigenvalue weighted by Gasteiger charge is 2.15. The lowest BCUT2D eigenvalue weighted by molar-refractivity contribution is -0.113. The van der Waals surface area contributed by atoms with E-state index >= 15 is 0 Å². The molecule has 7 nitrogen and oxygen atoms in total. The van der Waals surface area contributed by atoms with Crippen LogP contribution in [0.5, 0.6) is 0 Å². The molecular weight excluding hydrogens is 412 g/mol. The molecule has 0 spiro atoms. The molecule has 0 aliphatic rings. The number of hydrogen-bond donors (Lipinski definition) is 1. The Morgan fingerprint density at radius 3 is 2.59 bits per heavy atom. The number of methoxy groups -OCH3 is 1. The van der Waals surface area contributed by atoms with Crippen molar-refractivity contribution in [3.63, 3.8) is 0 Å². The van der Waals surface area contributed by atoms with Gasteiger partial charge in [0.1, 0.15) is 0 Å². The monoisotopic (exact) mass is 430 g/mol. The summed E-state index contributed by atoms with van der Waals surface area (Å²) in [7, 11) is 1.32. The molecule has 1 heterocycles. The lowest BCUT2D eigenvalue weighted by Gasteiger charge is -2.08. The number of halogens is 1. The van der Waals surface area contributed by atoms with Crippen LogP contribution in [0.15, 0.2) is 53.7 Å². The predicted molar refractivity (Wildman–Crippen MR) is 113 cm³/mol. The number of ether oxygens (including phenoxy) is 1. The van der Waals surface area contributed by atoms with Crippen LogP contribution in [0.4, 0.5) is 5.69 Å². The summed E-state index contributed by atoms with van der Waals surface area (Å²) in [4.78, 5) is 23.7. The molecule has 1 amide bonds. The zero-order valence-corrected chi connectivity index (χ0v) is 17.5. The fourth-order valence-electron chi connectivity index (χ4n) is 2.66. The second-order valence-electron chi connectivity index (χ2n) is 5.97. The lowest BCUT2D eigenvalue weighted by Crippen LogP contribution is -2.14. The van der Waals surface area contributed by atoms with Gasteiger partial charge in [-0.3, -0.25) is 4.79 Å². The standard InChI is InChI=1S/C20H19ClN4O3S/c1-3-25-18(14-5-4-6-15(21)11-14)23-24-20(25)29-12-17(26)22-16-9-7-13(8-10-16)19(27)28-2/h4-11H,3,12H2,1-2H3,(H,22,26). The highest BCUT2D eigenvalue weighted by molar-refractivity contribution is 7.99. The first-order chi connectivity index (χ1) is 14.0.